The second-order valence-electron chi connectivity index (χ2n) is 5.33. The molecular formula is C15H17FN2O6S. The van der Waals surface area contributed by atoms with Crippen LogP contribution in [-0.2, 0) is 24.2 Å². The quantitative estimate of drug-likeness (QED) is 0.671. The summed E-state index contributed by atoms with van der Waals surface area (Å²) in [6, 6.07) is 3.17. The summed E-state index contributed by atoms with van der Waals surface area (Å²) >= 11 is 0. The fraction of sp³-hybridized carbons (Fsp3) is 0.333. The Bertz CT molecular complexity index is 850. The van der Waals surface area contributed by atoms with E-state index in [-0.39, 0.29) is 41.5 Å². The van der Waals surface area contributed by atoms with Gasteiger partial charge >= 0.3 is 5.97 Å². The van der Waals surface area contributed by atoms with Crippen molar-refractivity contribution >= 4 is 27.4 Å². The van der Waals surface area contributed by atoms with Crippen molar-refractivity contribution < 1.29 is 32.2 Å². The lowest BCUT2D eigenvalue weighted by Crippen LogP contribution is -2.31. The number of aliphatic hydroxyl groups excluding tert-OH is 1. The van der Waals surface area contributed by atoms with Gasteiger partial charge in [-0.2, -0.15) is 0 Å². The number of anilines is 1. The highest BCUT2D eigenvalue weighted by molar-refractivity contribution is 7.90. The summed E-state index contributed by atoms with van der Waals surface area (Å²) in [5.41, 5.74) is -0.346. The molecule has 1 amide bonds. The fourth-order valence-electron chi connectivity index (χ4n) is 2.31. The van der Waals surface area contributed by atoms with E-state index in [2.05, 4.69) is 10.1 Å². The summed E-state index contributed by atoms with van der Waals surface area (Å²) in [6.45, 7) is -0.387. The maximum Gasteiger partial charge on any atom is 0.337 e. The molecule has 2 N–H and O–H groups in total. The Kier molecular flexibility index (Phi) is 5.43. The molecule has 10 heteroatoms. The minimum absolute atomic E-state index is 0.00000589. The molecule has 2 rings (SSSR count). The Labute approximate surface area is 143 Å². The minimum atomic E-state index is -3.58. The first-order valence-electron chi connectivity index (χ1n) is 7.17. The molecule has 0 radical (unpaired) electrons. The molecule has 8 nitrogen and oxygen atoms in total. The van der Waals surface area contributed by atoms with E-state index in [0.29, 0.717) is 0 Å². The molecule has 0 bridgehead atoms. The van der Waals surface area contributed by atoms with Gasteiger partial charge in [0.15, 0.2) is 9.84 Å². The molecule has 0 saturated carbocycles. The van der Waals surface area contributed by atoms with Crippen molar-refractivity contribution in [2.24, 2.45) is 0 Å². The summed E-state index contributed by atoms with van der Waals surface area (Å²) in [5.74, 6) is -2.25. The predicted molar refractivity (Wildman–Crippen MR) is 85.8 cm³/mol. The Morgan fingerprint density at radius 3 is 2.64 bits per heavy atom. The number of rotatable bonds is 6. The first kappa shape index (κ1) is 18.9. The molecule has 1 aliphatic heterocycles. The molecule has 0 atom stereocenters. The summed E-state index contributed by atoms with van der Waals surface area (Å²) in [4.78, 5) is 25.2. The van der Waals surface area contributed by atoms with Gasteiger partial charge in [-0.1, -0.05) is 0 Å². The van der Waals surface area contributed by atoms with Crippen LogP contribution in [0, 0.1) is 5.82 Å². The van der Waals surface area contributed by atoms with Gasteiger partial charge in [0, 0.05) is 12.8 Å². The van der Waals surface area contributed by atoms with E-state index in [4.69, 9.17) is 5.11 Å². The van der Waals surface area contributed by atoms with Crippen LogP contribution in [0.15, 0.2) is 34.4 Å². The highest BCUT2D eigenvalue weighted by atomic mass is 32.2. The summed E-state index contributed by atoms with van der Waals surface area (Å²) in [7, 11) is -2.43. The third-order valence-corrected chi connectivity index (χ3v) is 4.69. The van der Waals surface area contributed by atoms with Gasteiger partial charge in [0.25, 0.3) is 5.91 Å². The fourth-order valence-corrected chi connectivity index (χ4v) is 2.94. The zero-order valence-corrected chi connectivity index (χ0v) is 14.4. The molecule has 1 aromatic carbocycles. The zero-order valence-electron chi connectivity index (χ0n) is 13.6. The average molecular weight is 372 g/mol. The van der Waals surface area contributed by atoms with Crippen molar-refractivity contribution in [1.29, 1.82) is 0 Å². The number of halogens is 1. The topological polar surface area (TPSA) is 113 Å². The minimum Gasteiger partial charge on any atom is -0.466 e. The third-order valence-electron chi connectivity index (χ3n) is 3.58. The number of carbonyl (C=O) groups excluding carboxylic acids is 2. The highest BCUT2D eigenvalue weighted by Crippen LogP contribution is 2.25. The standard InChI is InChI=1S/C15H17FN2O6S/c1-24-15(21)10-8-18(5-6-19)14(20)13(10)17-12-4-3-9(7-11(12)16)25(2,22)23/h3-4,7,17,19H,5-6,8H2,1-2H3. The largest absolute Gasteiger partial charge is 0.466 e. The van der Waals surface area contributed by atoms with Crippen LogP contribution in [0.1, 0.15) is 0 Å². The third kappa shape index (κ3) is 3.97. The number of methoxy groups -OCH3 is 1. The molecule has 25 heavy (non-hydrogen) atoms. The number of hydrogen-bond acceptors (Lipinski definition) is 7. The molecular weight excluding hydrogens is 355 g/mol. The summed E-state index contributed by atoms with van der Waals surface area (Å²) in [6.07, 6.45) is 0.944. The second-order valence-corrected chi connectivity index (χ2v) is 7.35. The van der Waals surface area contributed by atoms with Gasteiger partial charge in [0.2, 0.25) is 0 Å². The van der Waals surface area contributed by atoms with Crippen LogP contribution in [0.5, 0.6) is 0 Å². The first-order chi connectivity index (χ1) is 11.7. The lowest BCUT2D eigenvalue weighted by Gasteiger charge is -2.15. The Morgan fingerprint density at radius 1 is 1.44 bits per heavy atom. The normalized spacial score (nSPS) is 14.9. The van der Waals surface area contributed by atoms with Gasteiger partial charge in [-0.15, -0.1) is 0 Å². The number of carbonyl (C=O) groups is 2. The van der Waals surface area contributed by atoms with Crippen molar-refractivity contribution in [3.8, 4) is 0 Å². The van der Waals surface area contributed by atoms with Crippen LogP contribution < -0.4 is 5.32 Å². The van der Waals surface area contributed by atoms with E-state index in [1.54, 1.807) is 0 Å². The molecule has 0 unspecified atom stereocenters. The van der Waals surface area contributed by atoms with Crippen LogP contribution in [0.25, 0.3) is 0 Å². The Hall–Kier alpha value is -2.46. The number of β-amino-alcohol motifs (C(OH)–C–C–N with tert-alkyl or cyclic N) is 1. The number of aliphatic hydroxyl groups is 1. The van der Waals surface area contributed by atoms with Gasteiger partial charge in [0.05, 0.1) is 36.4 Å². The molecule has 0 aromatic heterocycles. The van der Waals surface area contributed by atoms with Crippen molar-refractivity contribution in [3.63, 3.8) is 0 Å². The number of amides is 1. The van der Waals surface area contributed by atoms with E-state index >= 15 is 0 Å². The summed E-state index contributed by atoms with van der Waals surface area (Å²) in [5, 5.41) is 11.5. The van der Waals surface area contributed by atoms with E-state index in [9.17, 15) is 22.4 Å². The molecule has 1 aromatic rings. The Morgan fingerprint density at radius 2 is 2.12 bits per heavy atom. The summed E-state index contributed by atoms with van der Waals surface area (Å²) < 4.78 is 41.7. The molecule has 0 spiro atoms. The van der Waals surface area contributed by atoms with Crippen LogP contribution in [-0.4, -0.2) is 63.4 Å². The van der Waals surface area contributed by atoms with E-state index < -0.39 is 27.5 Å². The van der Waals surface area contributed by atoms with E-state index in [1.807, 2.05) is 0 Å². The molecule has 0 aliphatic carbocycles. The van der Waals surface area contributed by atoms with E-state index in [0.717, 1.165) is 25.5 Å². The number of sulfone groups is 1. The number of ether oxygens (including phenoxy) is 1. The maximum atomic E-state index is 14.2. The highest BCUT2D eigenvalue weighted by Gasteiger charge is 2.34. The van der Waals surface area contributed by atoms with Crippen LogP contribution in [0.3, 0.4) is 0 Å². The monoisotopic (exact) mass is 372 g/mol. The number of nitrogens with one attached hydrogen (secondary N) is 1. The van der Waals surface area contributed by atoms with Gasteiger partial charge in [-0.05, 0) is 18.2 Å². The van der Waals surface area contributed by atoms with Crippen LogP contribution in [0.4, 0.5) is 10.1 Å². The number of hydrogen-bond donors (Lipinski definition) is 2. The maximum absolute atomic E-state index is 14.2. The van der Waals surface area contributed by atoms with Crippen molar-refractivity contribution in [2.45, 2.75) is 4.90 Å². The van der Waals surface area contributed by atoms with Crippen LogP contribution in [0.2, 0.25) is 0 Å². The predicted octanol–water partition coefficient (Wildman–Crippen LogP) is -0.0973. The van der Waals surface area contributed by atoms with E-state index in [1.165, 1.54) is 11.0 Å². The molecule has 0 saturated heterocycles. The van der Waals surface area contributed by atoms with Crippen LogP contribution >= 0.6 is 0 Å². The molecule has 136 valence electrons. The molecule has 0 fully saturated rings. The zero-order chi connectivity index (χ0) is 18.8. The average Bonchev–Trinajstić information content (AvgIpc) is 2.85. The van der Waals surface area contributed by atoms with Gasteiger partial charge in [-0.25, -0.2) is 17.6 Å². The first-order valence-corrected chi connectivity index (χ1v) is 9.06. The lowest BCUT2D eigenvalue weighted by molar-refractivity contribution is -0.136. The van der Waals surface area contributed by atoms with Gasteiger partial charge in [-0.3, -0.25) is 4.79 Å². The molecule has 1 heterocycles. The second kappa shape index (κ2) is 7.19. The van der Waals surface area contributed by atoms with Crippen molar-refractivity contribution in [3.05, 3.63) is 35.3 Å². The van der Waals surface area contributed by atoms with Crippen molar-refractivity contribution in [1.82, 2.24) is 4.90 Å². The number of nitrogens with zero attached hydrogens (tertiary/aromatic N) is 1. The Balaban J connectivity index is 2.38. The lowest BCUT2D eigenvalue weighted by atomic mass is 10.2. The smallest absolute Gasteiger partial charge is 0.337 e. The SMILES string of the molecule is COC(=O)C1=C(Nc2ccc(S(C)(=O)=O)cc2F)C(=O)N(CCO)C1. The van der Waals surface area contributed by atoms with Crippen molar-refractivity contribution in [2.75, 3.05) is 38.4 Å². The van der Waals surface area contributed by atoms with Gasteiger partial charge < -0.3 is 20.1 Å². The van der Waals surface area contributed by atoms with Gasteiger partial charge in [0.1, 0.15) is 11.5 Å². The number of esters is 1. The number of benzene rings is 1. The molecule has 1 aliphatic rings.